The second-order valence-corrected chi connectivity index (χ2v) is 6.18. The number of nitrogens with zero attached hydrogens (tertiary/aromatic N) is 2. The molecule has 1 aromatic carbocycles. The van der Waals surface area contributed by atoms with Crippen molar-refractivity contribution in [2.45, 2.75) is 31.8 Å². The number of nitrogens with two attached hydrogens (primary N) is 1. The minimum absolute atomic E-state index is 0.742. The highest BCUT2D eigenvalue weighted by molar-refractivity contribution is 6.31. The zero-order valence-electron chi connectivity index (χ0n) is 11.3. The van der Waals surface area contributed by atoms with Crippen LogP contribution in [0.4, 0.5) is 5.69 Å². The molecular weight excluding hydrogens is 258 g/mol. The lowest BCUT2D eigenvalue weighted by molar-refractivity contribution is 0.215. The van der Waals surface area contributed by atoms with E-state index in [2.05, 4.69) is 15.9 Å². The number of anilines is 1. The van der Waals surface area contributed by atoms with E-state index in [0.29, 0.717) is 0 Å². The fourth-order valence-corrected chi connectivity index (χ4v) is 3.61. The zero-order valence-corrected chi connectivity index (χ0v) is 12.1. The quantitative estimate of drug-likeness (QED) is 0.845. The van der Waals surface area contributed by atoms with Crippen molar-refractivity contribution in [1.82, 2.24) is 9.80 Å². The highest BCUT2D eigenvalue weighted by Crippen LogP contribution is 2.25. The summed E-state index contributed by atoms with van der Waals surface area (Å²) < 4.78 is 0. The molecule has 0 saturated carbocycles. The number of hydrogen-bond acceptors (Lipinski definition) is 3. The monoisotopic (exact) mass is 279 g/mol. The van der Waals surface area contributed by atoms with Gasteiger partial charge in [-0.2, -0.15) is 0 Å². The van der Waals surface area contributed by atoms with Gasteiger partial charge in [0.15, 0.2) is 0 Å². The van der Waals surface area contributed by atoms with Gasteiger partial charge in [0.05, 0.1) is 0 Å². The summed E-state index contributed by atoms with van der Waals surface area (Å²) in [6.45, 7) is 5.86. The van der Waals surface area contributed by atoms with Crippen molar-refractivity contribution < 1.29 is 0 Å². The normalized spacial score (nSPS) is 25.2. The summed E-state index contributed by atoms with van der Waals surface area (Å²) in [7, 11) is 0. The Kier molecular flexibility index (Phi) is 3.96. The Hall–Kier alpha value is -0.770. The van der Waals surface area contributed by atoms with Crippen LogP contribution < -0.4 is 5.73 Å². The Balaban J connectivity index is 1.68. The van der Waals surface area contributed by atoms with Crippen LogP contribution in [0.5, 0.6) is 0 Å². The third-order valence-electron chi connectivity index (χ3n) is 4.36. The van der Waals surface area contributed by atoms with Gasteiger partial charge in [0.2, 0.25) is 0 Å². The molecule has 0 aromatic heterocycles. The van der Waals surface area contributed by atoms with E-state index in [9.17, 15) is 0 Å². The molecule has 1 aromatic rings. The summed E-state index contributed by atoms with van der Waals surface area (Å²) in [5.74, 6) is 0. The highest BCUT2D eigenvalue weighted by Gasteiger charge is 2.28. The topological polar surface area (TPSA) is 32.5 Å². The van der Waals surface area contributed by atoms with Gasteiger partial charge in [0.25, 0.3) is 0 Å². The molecule has 2 aliphatic heterocycles. The van der Waals surface area contributed by atoms with Gasteiger partial charge in [0, 0.05) is 29.8 Å². The molecule has 3 nitrogen and oxygen atoms in total. The Morgan fingerprint density at radius 2 is 2.05 bits per heavy atom. The molecule has 1 unspecified atom stereocenters. The van der Waals surface area contributed by atoms with E-state index in [1.165, 1.54) is 51.0 Å². The Bertz CT molecular complexity index is 449. The van der Waals surface area contributed by atoms with E-state index in [1.807, 2.05) is 12.1 Å². The van der Waals surface area contributed by atoms with E-state index in [-0.39, 0.29) is 0 Å². The number of nitrogen functional groups attached to an aromatic ring is 1. The average Bonchev–Trinajstić information content (AvgIpc) is 2.72. The minimum atomic E-state index is 0.742. The van der Waals surface area contributed by atoms with Crippen LogP contribution in [-0.4, -0.2) is 42.0 Å². The molecule has 2 fully saturated rings. The van der Waals surface area contributed by atoms with E-state index in [1.54, 1.807) is 0 Å². The molecule has 1 atom stereocenters. The maximum atomic E-state index is 6.28. The second-order valence-electron chi connectivity index (χ2n) is 5.77. The summed E-state index contributed by atoms with van der Waals surface area (Å²) in [6.07, 6.45) is 3.98. The van der Waals surface area contributed by atoms with Crippen LogP contribution in [0.3, 0.4) is 0 Å². The van der Waals surface area contributed by atoms with E-state index >= 15 is 0 Å². The SMILES string of the molecule is Nc1ccc(CN2CCCN3CCCC3C2)c(Cl)c1. The molecular formula is C15H22ClN3. The standard InChI is InChI=1S/C15H22ClN3/c16-15-9-13(17)5-4-12(15)10-18-6-2-8-19-7-1-3-14(19)11-18/h4-5,9,14H,1-3,6-8,10-11,17H2. The van der Waals surface area contributed by atoms with E-state index < -0.39 is 0 Å². The largest absolute Gasteiger partial charge is 0.399 e. The number of rotatable bonds is 2. The summed E-state index contributed by atoms with van der Waals surface area (Å²) in [6, 6.07) is 6.63. The first kappa shape index (κ1) is 13.2. The van der Waals surface area contributed by atoms with Gasteiger partial charge in [-0.25, -0.2) is 0 Å². The molecule has 19 heavy (non-hydrogen) atoms. The maximum absolute atomic E-state index is 6.28. The Labute approximate surface area is 120 Å². The van der Waals surface area contributed by atoms with Crippen LogP contribution >= 0.6 is 11.6 Å². The Morgan fingerprint density at radius 3 is 2.89 bits per heavy atom. The summed E-state index contributed by atoms with van der Waals surface area (Å²) in [5.41, 5.74) is 7.69. The van der Waals surface area contributed by atoms with Crippen molar-refractivity contribution in [2.24, 2.45) is 0 Å². The van der Waals surface area contributed by atoms with E-state index in [4.69, 9.17) is 17.3 Å². The highest BCUT2D eigenvalue weighted by atomic mass is 35.5. The van der Waals surface area contributed by atoms with E-state index in [0.717, 1.165) is 23.3 Å². The maximum Gasteiger partial charge on any atom is 0.0471 e. The van der Waals surface area contributed by atoms with Crippen molar-refractivity contribution in [1.29, 1.82) is 0 Å². The van der Waals surface area contributed by atoms with Crippen molar-refractivity contribution in [3.63, 3.8) is 0 Å². The van der Waals surface area contributed by atoms with Gasteiger partial charge in [-0.05, 0) is 56.6 Å². The lowest BCUT2D eigenvalue weighted by Gasteiger charge is -2.25. The predicted octanol–water partition coefficient (Wildman–Crippen LogP) is 2.59. The van der Waals surface area contributed by atoms with Gasteiger partial charge >= 0.3 is 0 Å². The lowest BCUT2D eigenvalue weighted by Crippen LogP contribution is -2.36. The molecule has 0 spiro atoms. The van der Waals surface area contributed by atoms with Crippen LogP contribution in [-0.2, 0) is 6.54 Å². The van der Waals surface area contributed by atoms with Crippen LogP contribution in [0.25, 0.3) is 0 Å². The van der Waals surface area contributed by atoms with Crippen molar-refractivity contribution >= 4 is 17.3 Å². The van der Waals surface area contributed by atoms with Crippen molar-refractivity contribution in [3.05, 3.63) is 28.8 Å². The van der Waals surface area contributed by atoms with Crippen LogP contribution in [0.1, 0.15) is 24.8 Å². The average molecular weight is 280 g/mol. The summed E-state index contributed by atoms with van der Waals surface area (Å²) in [4.78, 5) is 5.21. The summed E-state index contributed by atoms with van der Waals surface area (Å²) >= 11 is 6.28. The second kappa shape index (κ2) is 5.70. The molecule has 0 bridgehead atoms. The third kappa shape index (κ3) is 3.04. The predicted molar refractivity (Wildman–Crippen MR) is 80.4 cm³/mol. The molecule has 2 N–H and O–H groups in total. The molecule has 2 heterocycles. The lowest BCUT2D eigenvalue weighted by atomic mass is 10.1. The first-order valence-corrected chi connectivity index (χ1v) is 7.60. The molecule has 104 valence electrons. The first-order valence-electron chi connectivity index (χ1n) is 7.23. The van der Waals surface area contributed by atoms with Gasteiger partial charge < -0.3 is 5.73 Å². The minimum Gasteiger partial charge on any atom is -0.399 e. The molecule has 0 aliphatic carbocycles. The van der Waals surface area contributed by atoms with Crippen molar-refractivity contribution in [3.8, 4) is 0 Å². The third-order valence-corrected chi connectivity index (χ3v) is 4.71. The molecule has 3 rings (SSSR count). The zero-order chi connectivity index (χ0) is 13.2. The molecule has 0 amide bonds. The van der Waals surface area contributed by atoms with Crippen LogP contribution in [0, 0.1) is 0 Å². The van der Waals surface area contributed by atoms with Gasteiger partial charge in [0.1, 0.15) is 0 Å². The Morgan fingerprint density at radius 1 is 1.21 bits per heavy atom. The fourth-order valence-electron chi connectivity index (χ4n) is 3.36. The molecule has 2 saturated heterocycles. The number of halogens is 1. The van der Waals surface area contributed by atoms with Gasteiger partial charge in [-0.3, -0.25) is 9.80 Å². The van der Waals surface area contributed by atoms with Gasteiger partial charge in [-0.1, -0.05) is 17.7 Å². The number of fused-ring (bicyclic) bond motifs is 1. The van der Waals surface area contributed by atoms with Crippen LogP contribution in [0.15, 0.2) is 18.2 Å². The summed E-state index contributed by atoms with van der Waals surface area (Å²) in [5, 5.41) is 0.799. The van der Waals surface area contributed by atoms with Crippen molar-refractivity contribution in [2.75, 3.05) is 31.9 Å². The smallest absolute Gasteiger partial charge is 0.0471 e. The van der Waals surface area contributed by atoms with Crippen LogP contribution in [0.2, 0.25) is 5.02 Å². The number of hydrogen-bond donors (Lipinski definition) is 1. The molecule has 0 radical (unpaired) electrons. The molecule has 4 heteroatoms. The molecule has 2 aliphatic rings. The van der Waals surface area contributed by atoms with Gasteiger partial charge in [-0.15, -0.1) is 0 Å². The fraction of sp³-hybridized carbons (Fsp3) is 0.600. The first-order chi connectivity index (χ1) is 9.22. The number of benzene rings is 1.